The van der Waals surface area contributed by atoms with Gasteiger partial charge in [0.15, 0.2) is 0 Å². The predicted octanol–water partition coefficient (Wildman–Crippen LogP) is 3.44. The molecule has 0 aromatic heterocycles. The lowest BCUT2D eigenvalue weighted by molar-refractivity contribution is 0.542. The quantitative estimate of drug-likeness (QED) is 0.715. The Balaban J connectivity index is 2.27. The van der Waals surface area contributed by atoms with Crippen molar-refractivity contribution in [2.24, 2.45) is 5.92 Å². The molecule has 1 heteroatoms. The molecule has 0 radical (unpaired) electrons. The number of hydrogen-bond donors (Lipinski definition) is 0. The van der Waals surface area contributed by atoms with E-state index < -0.39 is 0 Å². The summed E-state index contributed by atoms with van der Waals surface area (Å²) in [6, 6.07) is 8.86. The third kappa shape index (κ3) is 1.90. The number of rotatable bonds is 2. The van der Waals surface area contributed by atoms with Crippen molar-refractivity contribution in [3.63, 3.8) is 0 Å². The van der Waals surface area contributed by atoms with Gasteiger partial charge in [-0.25, -0.2) is 0 Å². The summed E-state index contributed by atoms with van der Waals surface area (Å²) in [5.74, 6) is 0.851. The van der Waals surface area contributed by atoms with Crippen LogP contribution in [0.5, 0.6) is 0 Å². The highest BCUT2D eigenvalue weighted by Crippen LogP contribution is 2.30. The highest BCUT2D eigenvalue weighted by molar-refractivity contribution is 5.38. The molecule has 2 atom stereocenters. The second kappa shape index (κ2) is 4.06. The number of benzene rings is 1. The number of hydrogen-bond acceptors (Lipinski definition) is 1. The van der Waals surface area contributed by atoms with Gasteiger partial charge >= 0.3 is 0 Å². The molecule has 2 rings (SSSR count). The molecule has 0 heterocycles. The van der Waals surface area contributed by atoms with Crippen molar-refractivity contribution in [3.05, 3.63) is 34.9 Å². The molecule has 0 saturated heterocycles. The van der Waals surface area contributed by atoms with Gasteiger partial charge < -0.3 is 0 Å². The minimum atomic E-state index is 0.0241. The third-order valence-electron chi connectivity index (χ3n) is 3.52. The van der Waals surface area contributed by atoms with Gasteiger partial charge in [0, 0.05) is 0 Å². The molecule has 1 aliphatic rings. The Morgan fingerprint density at radius 1 is 1.40 bits per heavy atom. The van der Waals surface area contributed by atoms with Gasteiger partial charge in [-0.3, -0.25) is 0 Å². The third-order valence-corrected chi connectivity index (χ3v) is 3.52. The van der Waals surface area contributed by atoms with Gasteiger partial charge in [0.05, 0.1) is 12.0 Å². The van der Waals surface area contributed by atoms with Crippen LogP contribution >= 0.6 is 0 Å². The largest absolute Gasteiger partial charge is 0.198 e. The maximum Gasteiger partial charge on any atom is 0.0700 e. The van der Waals surface area contributed by atoms with Crippen LogP contribution in [-0.4, -0.2) is 0 Å². The molecule has 0 bridgehead atoms. The fourth-order valence-corrected chi connectivity index (χ4v) is 2.36. The average Bonchev–Trinajstić information content (AvgIpc) is 2.69. The van der Waals surface area contributed by atoms with Crippen molar-refractivity contribution in [2.45, 2.75) is 39.0 Å². The van der Waals surface area contributed by atoms with Crippen molar-refractivity contribution in [3.8, 4) is 6.07 Å². The summed E-state index contributed by atoms with van der Waals surface area (Å²) in [5, 5.41) is 8.88. The van der Waals surface area contributed by atoms with E-state index in [0.29, 0.717) is 0 Å². The van der Waals surface area contributed by atoms with Gasteiger partial charge in [0.25, 0.3) is 0 Å². The highest BCUT2D eigenvalue weighted by atomic mass is 14.3. The zero-order valence-corrected chi connectivity index (χ0v) is 9.46. The van der Waals surface area contributed by atoms with Crippen LogP contribution in [0.25, 0.3) is 0 Å². The second-order valence-corrected chi connectivity index (χ2v) is 4.56. The smallest absolute Gasteiger partial charge is 0.0700 e. The molecule has 0 spiro atoms. The number of fused-ring (bicyclic) bond motifs is 1. The van der Waals surface area contributed by atoms with Crippen molar-refractivity contribution in [2.75, 3.05) is 0 Å². The summed E-state index contributed by atoms with van der Waals surface area (Å²) in [6.07, 6.45) is 3.70. The van der Waals surface area contributed by atoms with Gasteiger partial charge in [-0.2, -0.15) is 5.26 Å². The Bertz CT molecular complexity index is 400. The fraction of sp³-hybridized carbons (Fsp3) is 0.500. The van der Waals surface area contributed by atoms with Crippen molar-refractivity contribution < 1.29 is 0 Å². The molecular weight excluding hydrogens is 182 g/mol. The molecule has 0 amide bonds. The average molecular weight is 199 g/mol. The normalized spacial score (nSPS) is 20.7. The molecule has 1 aromatic rings. The zero-order valence-electron chi connectivity index (χ0n) is 9.46. The van der Waals surface area contributed by atoms with E-state index in [1.807, 2.05) is 6.92 Å². The zero-order chi connectivity index (χ0) is 10.8. The van der Waals surface area contributed by atoms with Crippen LogP contribution in [0.1, 0.15) is 42.9 Å². The van der Waals surface area contributed by atoms with E-state index in [4.69, 9.17) is 5.26 Å². The number of nitriles is 1. The van der Waals surface area contributed by atoms with Gasteiger partial charge in [0.2, 0.25) is 0 Å². The standard InChI is InChI=1S/C14H17N/c1-3-11-6-13-5-4-12(10(2)9-15)8-14(13)7-11/h4-5,8,10-11H,3,6-7H2,1-2H3/t10-,11-/m1/s1. The lowest BCUT2D eigenvalue weighted by Crippen LogP contribution is -1.95. The molecule has 78 valence electrons. The maximum atomic E-state index is 8.88. The van der Waals surface area contributed by atoms with E-state index in [9.17, 15) is 0 Å². The van der Waals surface area contributed by atoms with Crippen LogP contribution in [0.4, 0.5) is 0 Å². The molecule has 15 heavy (non-hydrogen) atoms. The Labute approximate surface area is 91.7 Å². The topological polar surface area (TPSA) is 23.8 Å². The Kier molecular flexibility index (Phi) is 2.77. The summed E-state index contributed by atoms with van der Waals surface area (Å²) in [5.41, 5.74) is 4.14. The Hall–Kier alpha value is -1.29. The molecule has 0 unspecified atom stereocenters. The van der Waals surface area contributed by atoms with E-state index in [2.05, 4.69) is 31.2 Å². The highest BCUT2D eigenvalue weighted by Gasteiger charge is 2.20. The summed E-state index contributed by atoms with van der Waals surface area (Å²) in [4.78, 5) is 0. The molecule has 1 nitrogen and oxygen atoms in total. The molecule has 1 aliphatic carbocycles. The van der Waals surface area contributed by atoms with Crippen LogP contribution in [0.3, 0.4) is 0 Å². The first kappa shape index (κ1) is 10.2. The minimum absolute atomic E-state index is 0.0241. The van der Waals surface area contributed by atoms with Gasteiger partial charge in [0.1, 0.15) is 0 Å². The lowest BCUT2D eigenvalue weighted by atomic mass is 9.98. The monoisotopic (exact) mass is 199 g/mol. The van der Waals surface area contributed by atoms with E-state index in [1.165, 1.54) is 36.0 Å². The first-order valence-electron chi connectivity index (χ1n) is 5.76. The molecule has 0 fully saturated rings. The van der Waals surface area contributed by atoms with Crippen LogP contribution in [0.15, 0.2) is 18.2 Å². The Morgan fingerprint density at radius 3 is 2.80 bits per heavy atom. The Morgan fingerprint density at radius 2 is 2.13 bits per heavy atom. The van der Waals surface area contributed by atoms with Gasteiger partial charge in [-0.05, 0) is 42.4 Å². The SMILES string of the molecule is CC[C@@H]1Cc2ccc([C@H](C)C#N)cc2C1. The summed E-state index contributed by atoms with van der Waals surface area (Å²) >= 11 is 0. The van der Waals surface area contributed by atoms with Crippen molar-refractivity contribution >= 4 is 0 Å². The van der Waals surface area contributed by atoms with Gasteiger partial charge in [-0.1, -0.05) is 31.5 Å². The lowest BCUT2D eigenvalue weighted by Gasteiger charge is -2.05. The van der Waals surface area contributed by atoms with Crippen molar-refractivity contribution in [1.82, 2.24) is 0 Å². The summed E-state index contributed by atoms with van der Waals surface area (Å²) < 4.78 is 0. The maximum absolute atomic E-state index is 8.88. The van der Waals surface area contributed by atoms with Crippen LogP contribution < -0.4 is 0 Å². The van der Waals surface area contributed by atoms with Gasteiger partial charge in [-0.15, -0.1) is 0 Å². The predicted molar refractivity (Wildman–Crippen MR) is 61.7 cm³/mol. The van der Waals surface area contributed by atoms with Crippen LogP contribution in [0, 0.1) is 17.2 Å². The molecule has 0 saturated carbocycles. The van der Waals surface area contributed by atoms with Crippen molar-refractivity contribution in [1.29, 1.82) is 5.26 Å². The summed E-state index contributed by atoms with van der Waals surface area (Å²) in [6.45, 7) is 4.23. The van der Waals surface area contributed by atoms with Crippen LogP contribution in [0.2, 0.25) is 0 Å². The van der Waals surface area contributed by atoms with E-state index in [-0.39, 0.29) is 5.92 Å². The van der Waals surface area contributed by atoms with E-state index in [1.54, 1.807) is 0 Å². The molecule has 1 aromatic carbocycles. The first-order chi connectivity index (χ1) is 7.24. The number of nitrogens with zero attached hydrogens (tertiary/aromatic N) is 1. The molecular formula is C14H17N. The van der Waals surface area contributed by atoms with E-state index >= 15 is 0 Å². The molecule has 0 aliphatic heterocycles. The first-order valence-corrected chi connectivity index (χ1v) is 5.76. The fourth-order valence-electron chi connectivity index (χ4n) is 2.36. The van der Waals surface area contributed by atoms with E-state index in [0.717, 1.165) is 5.92 Å². The van der Waals surface area contributed by atoms with Crippen LogP contribution in [-0.2, 0) is 12.8 Å². The molecule has 0 N–H and O–H groups in total. The summed E-state index contributed by atoms with van der Waals surface area (Å²) in [7, 11) is 0. The second-order valence-electron chi connectivity index (χ2n) is 4.56. The minimum Gasteiger partial charge on any atom is -0.198 e.